The Balaban J connectivity index is 1.68. The molecule has 0 aromatic carbocycles. The molecule has 19 heavy (non-hydrogen) atoms. The van der Waals surface area contributed by atoms with Crippen LogP contribution in [-0.4, -0.2) is 47.1 Å². The van der Waals surface area contributed by atoms with Gasteiger partial charge in [-0.05, 0) is 45.2 Å². The van der Waals surface area contributed by atoms with Crippen LogP contribution < -0.4 is 5.32 Å². The lowest BCUT2D eigenvalue weighted by Gasteiger charge is -2.36. The molecule has 0 saturated carbocycles. The van der Waals surface area contributed by atoms with Crippen LogP contribution in [0.5, 0.6) is 0 Å². The molecular weight excluding hydrogens is 236 g/mol. The standard InChI is InChI=1S/C15H28N4/c1-3-10-19-11-4-5-14(12-19)13(2)16-7-6-15-17-8-9-18-15/h8-9,13-14,16H,3-7,10-12H2,1-2H3,(H,17,18). The Hall–Kier alpha value is -0.870. The van der Waals surface area contributed by atoms with E-state index in [1.165, 1.54) is 38.9 Å². The van der Waals surface area contributed by atoms with Crippen LogP contribution in [0, 0.1) is 5.92 Å². The fourth-order valence-electron chi connectivity index (χ4n) is 3.04. The van der Waals surface area contributed by atoms with Crippen LogP contribution in [0.1, 0.15) is 38.9 Å². The van der Waals surface area contributed by atoms with Crippen molar-refractivity contribution >= 4 is 0 Å². The third-order valence-electron chi connectivity index (χ3n) is 4.17. The van der Waals surface area contributed by atoms with Gasteiger partial charge in [0.2, 0.25) is 0 Å². The molecule has 2 rings (SSSR count). The van der Waals surface area contributed by atoms with Gasteiger partial charge in [0.25, 0.3) is 0 Å². The first-order valence-corrected chi connectivity index (χ1v) is 7.73. The van der Waals surface area contributed by atoms with Crippen LogP contribution in [-0.2, 0) is 6.42 Å². The maximum atomic E-state index is 4.26. The van der Waals surface area contributed by atoms with Crippen molar-refractivity contribution in [1.29, 1.82) is 0 Å². The summed E-state index contributed by atoms with van der Waals surface area (Å²) in [6, 6.07) is 0.606. The summed E-state index contributed by atoms with van der Waals surface area (Å²) in [7, 11) is 0. The lowest BCUT2D eigenvalue weighted by molar-refractivity contribution is 0.151. The summed E-state index contributed by atoms with van der Waals surface area (Å²) < 4.78 is 0. The van der Waals surface area contributed by atoms with Crippen LogP contribution in [0.15, 0.2) is 12.4 Å². The molecule has 0 aliphatic carbocycles. The van der Waals surface area contributed by atoms with Crippen molar-refractivity contribution in [3.8, 4) is 0 Å². The molecule has 4 heteroatoms. The average molecular weight is 264 g/mol. The molecule has 1 aliphatic rings. The molecule has 1 fully saturated rings. The molecule has 2 N–H and O–H groups in total. The van der Waals surface area contributed by atoms with Gasteiger partial charge in [0.1, 0.15) is 5.82 Å². The van der Waals surface area contributed by atoms with Gasteiger partial charge in [0.05, 0.1) is 0 Å². The van der Waals surface area contributed by atoms with Crippen LogP contribution in [0.2, 0.25) is 0 Å². The second-order valence-corrected chi connectivity index (χ2v) is 5.73. The molecular formula is C15H28N4. The number of imidazole rings is 1. The van der Waals surface area contributed by atoms with Crippen molar-refractivity contribution in [3.63, 3.8) is 0 Å². The summed E-state index contributed by atoms with van der Waals surface area (Å²) in [5.41, 5.74) is 0. The summed E-state index contributed by atoms with van der Waals surface area (Å²) in [5.74, 6) is 1.88. The van der Waals surface area contributed by atoms with Crippen molar-refractivity contribution in [2.75, 3.05) is 26.2 Å². The van der Waals surface area contributed by atoms with Crippen LogP contribution in [0.3, 0.4) is 0 Å². The first-order valence-electron chi connectivity index (χ1n) is 7.73. The second kappa shape index (κ2) is 7.65. The fourth-order valence-corrected chi connectivity index (χ4v) is 3.04. The quantitative estimate of drug-likeness (QED) is 0.792. The fraction of sp³-hybridized carbons (Fsp3) is 0.800. The molecule has 108 valence electrons. The number of likely N-dealkylation sites (tertiary alicyclic amines) is 1. The molecule has 2 atom stereocenters. The van der Waals surface area contributed by atoms with Crippen molar-refractivity contribution in [2.24, 2.45) is 5.92 Å². The Bertz CT molecular complexity index is 334. The zero-order valence-corrected chi connectivity index (χ0v) is 12.4. The largest absolute Gasteiger partial charge is 0.349 e. The van der Waals surface area contributed by atoms with Gasteiger partial charge in [-0.1, -0.05) is 6.92 Å². The van der Waals surface area contributed by atoms with E-state index >= 15 is 0 Å². The molecule has 0 spiro atoms. The number of rotatable bonds is 7. The van der Waals surface area contributed by atoms with Crippen LogP contribution in [0.4, 0.5) is 0 Å². The Labute approximate surface area is 117 Å². The molecule has 0 radical (unpaired) electrons. The molecule has 1 aromatic rings. The van der Waals surface area contributed by atoms with Gasteiger partial charge in [0, 0.05) is 37.9 Å². The van der Waals surface area contributed by atoms with E-state index in [0.717, 1.165) is 24.7 Å². The SMILES string of the molecule is CCCN1CCCC(C(C)NCCc2ncc[nH]2)C1. The maximum Gasteiger partial charge on any atom is 0.107 e. The minimum atomic E-state index is 0.606. The zero-order chi connectivity index (χ0) is 13.5. The number of hydrogen-bond donors (Lipinski definition) is 2. The van der Waals surface area contributed by atoms with Gasteiger partial charge in [-0.3, -0.25) is 0 Å². The van der Waals surface area contributed by atoms with Crippen LogP contribution >= 0.6 is 0 Å². The Morgan fingerprint density at radius 2 is 2.47 bits per heavy atom. The summed E-state index contributed by atoms with van der Waals surface area (Å²) >= 11 is 0. The van der Waals surface area contributed by atoms with E-state index in [-0.39, 0.29) is 0 Å². The highest BCUT2D eigenvalue weighted by molar-refractivity contribution is 4.88. The number of aromatic nitrogens is 2. The summed E-state index contributed by atoms with van der Waals surface area (Å²) in [6.45, 7) is 9.44. The molecule has 1 aromatic heterocycles. The minimum Gasteiger partial charge on any atom is -0.349 e. The lowest BCUT2D eigenvalue weighted by atomic mass is 9.91. The van der Waals surface area contributed by atoms with E-state index < -0.39 is 0 Å². The Kier molecular flexibility index (Phi) is 5.86. The third kappa shape index (κ3) is 4.62. The average Bonchev–Trinajstić information content (AvgIpc) is 2.92. The van der Waals surface area contributed by atoms with E-state index in [2.05, 4.69) is 34.0 Å². The summed E-state index contributed by atoms with van der Waals surface area (Å²) in [6.07, 6.45) is 8.70. The normalized spacial score (nSPS) is 22.5. The van der Waals surface area contributed by atoms with E-state index in [9.17, 15) is 0 Å². The predicted octanol–water partition coefficient (Wildman–Crippen LogP) is 2.05. The highest BCUT2D eigenvalue weighted by atomic mass is 15.1. The van der Waals surface area contributed by atoms with Crippen molar-refractivity contribution in [2.45, 2.75) is 45.6 Å². The minimum absolute atomic E-state index is 0.606. The first kappa shape index (κ1) is 14.5. The highest BCUT2D eigenvalue weighted by Crippen LogP contribution is 2.19. The molecule has 0 bridgehead atoms. The molecule has 2 heterocycles. The number of aromatic amines is 1. The highest BCUT2D eigenvalue weighted by Gasteiger charge is 2.23. The first-order chi connectivity index (χ1) is 9.29. The number of H-pyrrole nitrogens is 1. The van der Waals surface area contributed by atoms with Gasteiger partial charge < -0.3 is 15.2 Å². The Morgan fingerprint density at radius 3 is 3.21 bits per heavy atom. The summed E-state index contributed by atoms with van der Waals surface area (Å²) in [4.78, 5) is 10.0. The van der Waals surface area contributed by atoms with Gasteiger partial charge in [-0.15, -0.1) is 0 Å². The van der Waals surface area contributed by atoms with Gasteiger partial charge in [-0.25, -0.2) is 4.98 Å². The third-order valence-corrected chi connectivity index (χ3v) is 4.17. The van der Waals surface area contributed by atoms with Crippen molar-refractivity contribution in [3.05, 3.63) is 18.2 Å². The summed E-state index contributed by atoms with van der Waals surface area (Å²) in [5, 5.41) is 3.67. The van der Waals surface area contributed by atoms with Gasteiger partial charge >= 0.3 is 0 Å². The molecule has 4 nitrogen and oxygen atoms in total. The lowest BCUT2D eigenvalue weighted by Crippen LogP contribution is -2.45. The van der Waals surface area contributed by atoms with Crippen molar-refractivity contribution in [1.82, 2.24) is 20.2 Å². The monoisotopic (exact) mass is 264 g/mol. The second-order valence-electron chi connectivity index (χ2n) is 5.73. The smallest absolute Gasteiger partial charge is 0.107 e. The Morgan fingerprint density at radius 1 is 1.58 bits per heavy atom. The maximum absolute atomic E-state index is 4.26. The number of hydrogen-bond acceptors (Lipinski definition) is 3. The topological polar surface area (TPSA) is 44.0 Å². The number of piperidine rings is 1. The van der Waals surface area contributed by atoms with Gasteiger partial charge in [-0.2, -0.15) is 0 Å². The molecule has 0 amide bonds. The van der Waals surface area contributed by atoms with Crippen molar-refractivity contribution < 1.29 is 0 Å². The molecule has 1 aliphatic heterocycles. The van der Waals surface area contributed by atoms with E-state index in [0.29, 0.717) is 6.04 Å². The zero-order valence-electron chi connectivity index (χ0n) is 12.4. The van der Waals surface area contributed by atoms with E-state index in [1.54, 1.807) is 0 Å². The van der Waals surface area contributed by atoms with Gasteiger partial charge in [0.15, 0.2) is 0 Å². The number of nitrogens with one attached hydrogen (secondary N) is 2. The van der Waals surface area contributed by atoms with Crippen LogP contribution in [0.25, 0.3) is 0 Å². The van der Waals surface area contributed by atoms with E-state index in [1.807, 2.05) is 12.4 Å². The predicted molar refractivity (Wildman–Crippen MR) is 79.2 cm³/mol. The number of nitrogens with zero attached hydrogens (tertiary/aromatic N) is 2. The van der Waals surface area contributed by atoms with E-state index in [4.69, 9.17) is 0 Å². The molecule has 1 saturated heterocycles. The molecule has 2 unspecified atom stereocenters.